The summed E-state index contributed by atoms with van der Waals surface area (Å²) in [4.78, 5) is 23.7. The van der Waals surface area contributed by atoms with E-state index in [1.165, 1.54) is 0 Å². The van der Waals surface area contributed by atoms with E-state index in [0.717, 1.165) is 49.3 Å². The summed E-state index contributed by atoms with van der Waals surface area (Å²) in [7, 11) is 1.89. The van der Waals surface area contributed by atoms with E-state index in [2.05, 4.69) is 10.1 Å². The zero-order valence-electron chi connectivity index (χ0n) is 15.6. The Labute approximate surface area is 149 Å². The monoisotopic (exact) mass is 341 g/mol. The molecule has 25 heavy (non-hydrogen) atoms. The lowest BCUT2D eigenvalue weighted by Crippen LogP contribution is -2.45. The smallest absolute Gasteiger partial charge is 0.227 e. The number of piperidine rings is 1. The molecule has 134 valence electrons. The van der Waals surface area contributed by atoms with Gasteiger partial charge in [0.25, 0.3) is 0 Å². The van der Waals surface area contributed by atoms with Crippen LogP contribution in [0.3, 0.4) is 0 Å². The highest BCUT2D eigenvalue weighted by molar-refractivity contribution is 5.81. The highest BCUT2D eigenvalue weighted by Crippen LogP contribution is 2.25. The van der Waals surface area contributed by atoms with Crippen molar-refractivity contribution in [2.24, 2.45) is 18.4 Å². The first kappa shape index (κ1) is 17.6. The summed E-state index contributed by atoms with van der Waals surface area (Å²) in [5.41, 5.74) is 2.49. The minimum absolute atomic E-state index is 0.243. The van der Waals surface area contributed by atoms with Crippen LogP contribution in [-0.2, 0) is 18.3 Å². The van der Waals surface area contributed by atoms with Crippen LogP contribution in [0.25, 0.3) is 11.3 Å². The van der Waals surface area contributed by atoms with Crippen molar-refractivity contribution >= 4 is 5.91 Å². The summed E-state index contributed by atoms with van der Waals surface area (Å²) in [6.45, 7) is 7.65. The quantitative estimate of drug-likeness (QED) is 0.861. The molecule has 1 aliphatic heterocycles. The van der Waals surface area contributed by atoms with Gasteiger partial charge in [-0.25, -0.2) is 4.98 Å². The highest BCUT2D eigenvalue weighted by Gasteiger charge is 2.31. The minimum Gasteiger partial charge on any atom is -0.342 e. The van der Waals surface area contributed by atoms with Crippen molar-refractivity contribution in [2.75, 3.05) is 13.1 Å². The summed E-state index contributed by atoms with van der Waals surface area (Å²) in [5.74, 6) is 0.686. The van der Waals surface area contributed by atoms with Crippen LogP contribution in [0.5, 0.6) is 0 Å². The molecule has 1 amide bonds. The molecule has 0 aliphatic carbocycles. The minimum atomic E-state index is -0.318. The van der Waals surface area contributed by atoms with Crippen molar-refractivity contribution < 1.29 is 4.79 Å². The van der Waals surface area contributed by atoms with E-state index in [4.69, 9.17) is 4.98 Å². The van der Waals surface area contributed by atoms with Crippen LogP contribution in [0.4, 0.5) is 0 Å². The van der Waals surface area contributed by atoms with Gasteiger partial charge in [-0.05, 0) is 25.2 Å². The van der Waals surface area contributed by atoms with Crippen LogP contribution in [0.1, 0.15) is 39.3 Å². The standard InChI is InChI=1S/C19H27N5O/c1-19(2,3)18(25)24-7-5-6-14(12-24)8-16-10-20-11-17(22-16)15-9-21-23(4)13-15/h9-11,13-14H,5-8,12H2,1-4H3/t14-/m0/s1. The van der Waals surface area contributed by atoms with E-state index in [1.807, 2.05) is 45.1 Å². The van der Waals surface area contributed by atoms with E-state index >= 15 is 0 Å². The molecule has 0 aromatic carbocycles. The molecule has 3 rings (SSSR count). The summed E-state index contributed by atoms with van der Waals surface area (Å²) in [6.07, 6.45) is 10.4. The number of aryl methyl sites for hydroxylation is 1. The average molecular weight is 341 g/mol. The third kappa shape index (κ3) is 4.24. The van der Waals surface area contributed by atoms with Gasteiger partial charge in [0.05, 0.1) is 23.8 Å². The Hall–Kier alpha value is -2.24. The van der Waals surface area contributed by atoms with Crippen molar-refractivity contribution in [3.05, 3.63) is 30.5 Å². The SMILES string of the molecule is Cn1cc(-c2cncc(C[C@@H]3CCCN(C(=O)C(C)(C)C)C3)n2)cn1. The van der Waals surface area contributed by atoms with Crippen molar-refractivity contribution in [1.29, 1.82) is 0 Å². The second kappa shape index (κ2) is 6.94. The number of hydrogen-bond donors (Lipinski definition) is 0. The third-order valence-electron chi connectivity index (χ3n) is 4.63. The van der Waals surface area contributed by atoms with Crippen molar-refractivity contribution in [2.45, 2.75) is 40.0 Å². The molecule has 2 aromatic heterocycles. The molecule has 1 atom stereocenters. The van der Waals surface area contributed by atoms with Gasteiger partial charge in [-0.2, -0.15) is 5.10 Å². The first-order chi connectivity index (χ1) is 11.8. The van der Waals surface area contributed by atoms with Crippen LogP contribution in [0.2, 0.25) is 0 Å². The topological polar surface area (TPSA) is 63.9 Å². The number of hydrogen-bond acceptors (Lipinski definition) is 4. The normalized spacial score (nSPS) is 18.4. The van der Waals surface area contributed by atoms with Crippen LogP contribution in [0, 0.1) is 11.3 Å². The molecule has 1 fully saturated rings. The summed E-state index contributed by atoms with van der Waals surface area (Å²) >= 11 is 0. The summed E-state index contributed by atoms with van der Waals surface area (Å²) in [5, 5.41) is 4.20. The van der Waals surface area contributed by atoms with Gasteiger partial charge in [-0.3, -0.25) is 14.5 Å². The second-order valence-corrected chi connectivity index (χ2v) is 8.01. The predicted octanol–water partition coefficient (Wildman–Crippen LogP) is 2.70. The lowest BCUT2D eigenvalue weighted by Gasteiger charge is -2.36. The maximum Gasteiger partial charge on any atom is 0.227 e. The molecule has 0 bridgehead atoms. The molecule has 1 saturated heterocycles. The second-order valence-electron chi connectivity index (χ2n) is 8.01. The van der Waals surface area contributed by atoms with Crippen LogP contribution >= 0.6 is 0 Å². The fraction of sp³-hybridized carbons (Fsp3) is 0.579. The molecule has 0 unspecified atom stereocenters. The van der Waals surface area contributed by atoms with Gasteiger partial charge in [0, 0.05) is 43.5 Å². The van der Waals surface area contributed by atoms with Crippen molar-refractivity contribution in [3.8, 4) is 11.3 Å². The Morgan fingerprint density at radius 2 is 2.08 bits per heavy atom. The Morgan fingerprint density at radius 1 is 1.28 bits per heavy atom. The van der Waals surface area contributed by atoms with Gasteiger partial charge in [0.15, 0.2) is 0 Å². The maximum atomic E-state index is 12.5. The number of amides is 1. The Balaban J connectivity index is 1.69. The number of likely N-dealkylation sites (tertiary alicyclic amines) is 1. The molecule has 2 aromatic rings. The van der Waals surface area contributed by atoms with Gasteiger partial charge in [-0.1, -0.05) is 20.8 Å². The number of carbonyl (C=O) groups is 1. The Morgan fingerprint density at radius 3 is 2.76 bits per heavy atom. The molecular formula is C19H27N5O. The van der Waals surface area contributed by atoms with E-state index < -0.39 is 0 Å². The fourth-order valence-electron chi connectivity index (χ4n) is 3.38. The number of nitrogens with zero attached hydrogens (tertiary/aromatic N) is 5. The zero-order valence-corrected chi connectivity index (χ0v) is 15.6. The van der Waals surface area contributed by atoms with Crippen LogP contribution < -0.4 is 0 Å². The molecule has 0 radical (unpaired) electrons. The van der Waals surface area contributed by atoms with E-state index in [-0.39, 0.29) is 11.3 Å². The number of carbonyl (C=O) groups excluding carboxylic acids is 1. The van der Waals surface area contributed by atoms with Gasteiger partial charge in [-0.15, -0.1) is 0 Å². The van der Waals surface area contributed by atoms with Crippen LogP contribution in [0.15, 0.2) is 24.8 Å². The average Bonchev–Trinajstić information content (AvgIpc) is 3.00. The zero-order chi connectivity index (χ0) is 18.0. The van der Waals surface area contributed by atoms with Gasteiger partial charge in [0.2, 0.25) is 5.91 Å². The van der Waals surface area contributed by atoms with Gasteiger partial charge >= 0.3 is 0 Å². The molecule has 6 nitrogen and oxygen atoms in total. The molecular weight excluding hydrogens is 314 g/mol. The number of aromatic nitrogens is 4. The molecule has 1 aliphatic rings. The van der Waals surface area contributed by atoms with Gasteiger partial charge < -0.3 is 4.90 Å². The third-order valence-corrected chi connectivity index (χ3v) is 4.63. The summed E-state index contributed by atoms with van der Waals surface area (Å²) < 4.78 is 1.76. The maximum absolute atomic E-state index is 12.5. The molecule has 0 spiro atoms. The Bertz CT molecular complexity index is 746. The van der Waals surface area contributed by atoms with E-state index in [9.17, 15) is 4.79 Å². The predicted molar refractivity (Wildman–Crippen MR) is 96.7 cm³/mol. The van der Waals surface area contributed by atoms with E-state index in [0.29, 0.717) is 5.92 Å². The van der Waals surface area contributed by atoms with E-state index in [1.54, 1.807) is 17.1 Å². The lowest BCUT2D eigenvalue weighted by atomic mass is 9.89. The lowest BCUT2D eigenvalue weighted by molar-refractivity contribution is -0.141. The molecule has 0 saturated carbocycles. The highest BCUT2D eigenvalue weighted by atomic mass is 16.2. The molecule has 0 N–H and O–H groups in total. The molecule has 3 heterocycles. The molecule has 6 heteroatoms. The summed E-state index contributed by atoms with van der Waals surface area (Å²) in [6, 6.07) is 0. The Kier molecular flexibility index (Phi) is 4.88. The van der Waals surface area contributed by atoms with Crippen LogP contribution in [-0.4, -0.2) is 43.6 Å². The first-order valence-corrected chi connectivity index (χ1v) is 8.92. The first-order valence-electron chi connectivity index (χ1n) is 8.92. The number of rotatable bonds is 3. The largest absolute Gasteiger partial charge is 0.342 e. The van der Waals surface area contributed by atoms with Crippen molar-refractivity contribution in [3.63, 3.8) is 0 Å². The van der Waals surface area contributed by atoms with Crippen molar-refractivity contribution in [1.82, 2.24) is 24.6 Å². The van der Waals surface area contributed by atoms with Gasteiger partial charge in [0.1, 0.15) is 0 Å². The fourth-order valence-corrected chi connectivity index (χ4v) is 3.38.